The summed E-state index contributed by atoms with van der Waals surface area (Å²) in [4.78, 5) is 37.1. The predicted octanol–water partition coefficient (Wildman–Crippen LogP) is 2.09. The second kappa shape index (κ2) is 6.40. The Morgan fingerprint density at radius 2 is 1.97 bits per heavy atom. The Hall–Kier alpha value is -4.20. The summed E-state index contributed by atoms with van der Waals surface area (Å²) in [6.07, 6.45) is 7.89. The van der Waals surface area contributed by atoms with Crippen molar-refractivity contribution in [2.24, 2.45) is 4.99 Å². The number of anilines is 1. The minimum atomic E-state index is -0.468. The third-order valence-electron chi connectivity index (χ3n) is 5.88. The van der Waals surface area contributed by atoms with Gasteiger partial charge < -0.3 is 9.64 Å². The summed E-state index contributed by atoms with van der Waals surface area (Å²) in [6, 6.07) is 9.60. The van der Waals surface area contributed by atoms with E-state index in [4.69, 9.17) is 4.74 Å². The maximum absolute atomic E-state index is 13.0. The lowest BCUT2D eigenvalue weighted by atomic mass is 9.94. The molecule has 2 amide bonds. The van der Waals surface area contributed by atoms with Crippen LogP contribution >= 0.6 is 0 Å². The number of imide groups is 1. The molecule has 8 heteroatoms. The van der Waals surface area contributed by atoms with Gasteiger partial charge in [-0.15, -0.1) is 0 Å². The SMILES string of the molecule is COc1cccn2c(C3=C(C4=NC=CN5CCc6cccc4c65)C(=O)NC3=O)cnc12. The Labute approximate surface area is 177 Å². The number of nitrogens with zero attached hydrogens (tertiary/aromatic N) is 4. The average molecular weight is 411 g/mol. The highest BCUT2D eigenvalue weighted by molar-refractivity contribution is 6.47. The molecule has 0 spiro atoms. The molecule has 3 aliphatic heterocycles. The fourth-order valence-corrected chi connectivity index (χ4v) is 4.54. The zero-order valence-corrected chi connectivity index (χ0v) is 16.6. The number of imidazole rings is 1. The number of ether oxygens (including phenoxy) is 1. The Balaban J connectivity index is 1.63. The van der Waals surface area contributed by atoms with Crippen LogP contribution in [0.3, 0.4) is 0 Å². The molecule has 0 saturated heterocycles. The van der Waals surface area contributed by atoms with Crippen molar-refractivity contribution in [3.63, 3.8) is 0 Å². The number of carbonyl (C=O) groups excluding carboxylic acids is 2. The number of fused-ring (bicyclic) bond motifs is 1. The minimum absolute atomic E-state index is 0.251. The van der Waals surface area contributed by atoms with E-state index in [-0.39, 0.29) is 11.1 Å². The van der Waals surface area contributed by atoms with Crippen LogP contribution < -0.4 is 15.0 Å². The molecule has 0 atom stereocenters. The van der Waals surface area contributed by atoms with Gasteiger partial charge in [0.1, 0.15) is 0 Å². The summed E-state index contributed by atoms with van der Waals surface area (Å²) in [6.45, 7) is 0.857. The number of rotatable bonds is 3. The van der Waals surface area contributed by atoms with Crippen LogP contribution in [0.1, 0.15) is 16.8 Å². The van der Waals surface area contributed by atoms with E-state index in [0.29, 0.717) is 22.8 Å². The Morgan fingerprint density at radius 3 is 2.84 bits per heavy atom. The average Bonchev–Trinajstić information content (AvgIpc) is 3.42. The summed E-state index contributed by atoms with van der Waals surface area (Å²) in [5.41, 5.74) is 5.12. The van der Waals surface area contributed by atoms with Crippen LogP contribution in [0.15, 0.2) is 65.7 Å². The fraction of sp³-hybridized carbons (Fsp3) is 0.130. The number of pyridine rings is 1. The lowest BCUT2D eigenvalue weighted by Crippen LogP contribution is -2.25. The van der Waals surface area contributed by atoms with Gasteiger partial charge in [-0.05, 0) is 24.1 Å². The molecule has 6 rings (SSSR count). The number of para-hydroxylation sites is 1. The van der Waals surface area contributed by atoms with Gasteiger partial charge in [-0.1, -0.05) is 18.2 Å². The van der Waals surface area contributed by atoms with Crippen molar-refractivity contribution in [2.45, 2.75) is 6.42 Å². The first-order valence-electron chi connectivity index (χ1n) is 9.91. The normalized spacial score (nSPS) is 17.2. The summed E-state index contributed by atoms with van der Waals surface area (Å²) in [5, 5.41) is 2.45. The number of hydrogen-bond donors (Lipinski definition) is 1. The number of amides is 2. The number of benzene rings is 1. The lowest BCUT2D eigenvalue weighted by Gasteiger charge is -2.17. The van der Waals surface area contributed by atoms with Gasteiger partial charge in [0.2, 0.25) is 0 Å². The van der Waals surface area contributed by atoms with Crippen LogP contribution in [0.2, 0.25) is 0 Å². The smallest absolute Gasteiger partial charge is 0.261 e. The van der Waals surface area contributed by atoms with Gasteiger partial charge in [0, 0.05) is 30.7 Å². The van der Waals surface area contributed by atoms with E-state index >= 15 is 0 Å². The first kappa shape index (κ1) is 17.6. The van der Waals surface area contributed by atoms with E-state index in [1.807, 2.05) is 18.3 Å². The minimum Gasteiger partial charge on any atom is -0.493 e. The maximum Gasteiger partial charge on any atom is 0.261 e. The van der Waals surface area contributed by atoms with Crippen molar-refractivity contribution < 1.29 is 14.3 Å². The van der Waals surface area contributed by atoms with Crippen LogP contribution in [0, 0.1) is 0 Å². The molecule has 152 valence electrons. The largest absolute Gasteiger partial charge is 0.493 e. The molecule has 0 unspecified atom stereocenters. The van der Waals surface area contributed by atoms with Crippen molar-refractivity contribution in [3.05, 3.63) is 77.5 Å². The van der Waals surface area contributed by atoms with Crippen molar-refractivity contribution in [3.8, 4) is 5.75 Å². The lowest BCUT2D eigenvalue weighted by molar-refractivity contribution is -0.123. The van der Waals surface area contributed by atoms with Crippen LogP contribution in [0.25, 0.3) is 11.2 Å². The molecule has 0 fully saturated rings. The molecule has 0 saturated carbocycles. The molecule has 1 N–H and O–H groups in total. The van der Waals surface area contributed by atoms with Crippen molar-refractivity contribution >= 4 is 34.4 Å². The van der Waals surface area contributed by atoms with Crippen LogP contribution in [-0.4, -0.2) is 40.6 Å². The first-order chi connectivity index (χ1) is 15.2. The second-order valence-corrected chi connectivity index (χ2v) is 7.48. The Morgan fingerprint density at radius 1 is 1.10 bits per heavy atom. The number of methoxy groups -OCH3 is 1. The summed E-state index contributed by atoms with van der Waals surface area (Å²) >= 11 is 0. The summed E-state index contributed by atoms with van der Waals surface area (Å²) in [5.74, 6) is -0.356. The van der Waals surface area contributed by atoms with Crippen LogP contribution in [0.4, 0.5) is 5.69 Å². The fourth-order valence-electron chi connectivity index (χ4n) is 4.54. The summed E-state index contributed by atoms with van der Waals surface area (Å²) in [7, 11) is 1.56. The van der Waals surface area contributed by atoms with E-state index in [9.17, 15) is 9.59 Å². The number of hydrogen-bond acceptors (Lipinski definition) is 6. The molecular formula is C23H17N5O3. The highest BCUT2D eigenvalue weighted by Crippen LogP contribution is 2.37. The van der Waals surface area contributed by atoms with Crippen LogP contribution in [-0.2, 0) is 16.0 Å². The number of aliphatic imine (C=N–C) groups is 1. The van der Waals surface area contributed by atoms with Gasteiger partial charge in [-0.25, -0.2) is 4.98 Å². The zero-order chi connectivity index (χ0) is 21.1. The molecule has 5 heterocycles. The predicted molar refractivity (Wildman–Crippen MR) is 115 cm³/mol. The molecule has 0 bridgehead atoms. The van der Waals surface area contributed by atoms with E-state index in [2.05, 4.69) is 26.3 Å². The van der Waals surface area contributed by atoms with Gasteiger partial charge in [-0.2, -0.15) is 0 Å². The maximum atomic E-state index is 13.0. The molecule has 31 heavy (non-hydrogen) atoms. The van der Waals surface area contributed by atoms with Crippen molar-refractivity contribution in [1.82, 2.24) is 14.7 Å². The van der Waals surface area contributed by atoms with Gasteiger partial charge in [0.05, 0.1) is 41.5 Å². The Kier molecular flexibility index (Phi) is 3.64. The first-order valence-corrected chi connectivity index (χ1v) is 9.91. The third kappa shape index (κ3) is 2.41. The molecule has 3 aromatic rings. The molecule has 0 aliphatic carbocycles. The summed E-state index contributed by atoms with van der Waals surface area (Å²) < 4.78 is 7.14. The molecular weight excluding hydrogens is 394 g/mol. The van der Waals surface area contributed by atoms with Gasteiger partial charge >= 0.3 is 0 Å². The van der Waals surface area contributed by atoms with E-state index in [0.717, 1.165) is 24.2 Å². The highest BCUT2D eigenvalue weighted by Gasteiger charge is 2.38. The molecule has 3 aliphatic rings. The molecule has 8 nitrogen and oxygen atoms in total. The monoisotopic (exact) mass is 411 g/mol. The van der Waals surface area contributed by atoms with Gasteiger partial charge in [-0.3, -0.25) is 24.3 Å². The van der Waals surface area contributed by atoms with Crippen LogP contribution in [0.5, 0.6) is 5.75 Å². The van der Waals surface area contributed by atoms with E-state index in [1.165, 1.54) is 5.56 Å². The quantitative estimate of drug-likeness (QED) is 0.667. The number of nitrogens with one attached hydrogen (secondary N) is 1. The zero-order valence-electron chi connectivity index (χ0n) is 16.6. The van der Waals surface area contributed by atoms with Crippen molar-refractivity contribution in [1.29, 1.82) is 0 Å². The molecule has 0 radical (unpaired) electrons. The standard InChI is InChI=1S/C23H17N5O3/c1-31-16-6-3-9-28-15(12-25-21(16)28)17-18(23(30)26-22(17)29)19-14-5-2-4-13-7-10-27(20(13)14)11-8-24-19/h2-6,8-9,11-12H,7,10H2,1H3,(H,26,29,30). The number of aromatic nitrogens is 2. The second-order valence-electron chi connectivity index (χ2n) is 7.48. The topological polar surface area (TPSA) is 88.3 Å². The van der Waals surface area contributed by atoms with Gasteiger partial charge in [0.25, 0.3) is 11.8 Å². The number of carbonyl (C=O) groups is 2. The van der Waals surface area contributed by atoms with E-state index in [1.54, 1.807) is 42.2 Å². The third-order valence-corrected chi connectivity index (χ3v) is 5.88. The van der Waals surface area contributed by atoms with Crippen molar-refractivity contribution in [2.75, 3.05) is 18.6 Å². The molecule has 2 aromatic heterocycles. The Bertz CT molecular complexity index is 1400. The molecule has 1 aromatic carbocycles. The van der Waals surface area contributed by atoms with Gasteiger partial charge in [0.15, 0.2) is 11.4 Å². The highest BCUT2D eigenvalue weighted by atomic mass is 16.5. The van der Waals surface area contributed by atoms with E-state index < -0.39 is 11.8 Å².